The van der Waals surface area contributed by atoms with E-state index < -0.39 is 0 Å². The minimum absolute atomic E-state index is 0.534. The van der Waals surface area contributed by atoms with Crippen LogP contribution in [0.25, 0.3) is 0 Å². The van der Waals surface area contributed by atoms with Crippen molar-refractivity contribution in [3.05, 3.63) is 76.9 Å². The Hall–Kier alpha value is -3.19. The minimum atomic E-state index is 0.534. The summed E-state index contributed by atoms with van der Waals surface area (Å²) in [6.45, 7) is 6.64. The molecule has 0 bridgehead atoms. The standard InChI is InChI=1S/C27H32N6S/c1-20-9-11-21(12-10-20)18-28-27(34)31-26-29-24(32-14-5-2-6-15-32)17-25(30-26)33-16-13-22-7-3-4-8-23(22)19-33/h3-4,7-12,17H,2,5-6,13-16,18-19H2,1H3,(H2,28,29,30,31,34). The van der Waals surface area contributed by atoms with Crippen molar-refractivity contribution in [2.45, 2.75) is 45.7 Å². The molecule has 2 aliphatic rings. The number of anilines is 3. The lowest BCUT2D eigenvalue weighted by atomic mass is 10.00. The third kappa shape index (κ3) is 5.47. The largest absolute Gasteiger partial charge is 0.358 e. The summed E-state index contributed by atoms with van der Waals surface area (Å²) < 4.78 is 0. The van der Waals surface area contributed by atoms with E-state index in [1.165, 1.54) is 41.5 Å². The Morgan fingerprint density at radius 3 is 2.35 bits per heavy atom. The van der Waals surface area contributed by atoms with Crippen LogP contribution in [0.15, 0.2) is 54.6 Å². The molecule has 5 rings (SSSR count). The summed E-state index contributed by atoms with van der Waals surface area (Å²) in [4.78, 5) is 14.5. The number of hydrogen-bond donors (Lipinski definition) is 2. The Morgan fingerprint density at radius 1 is 0.882 bits per heavy atom. The van der Waals surface area contributed by atoms with Gasteiger partial charge in [-0.15, -0.1) is 0 Å². The quantitative estimate of drug-likeness (QED) is 0.516. The molecule has 6 nitrogen and oxygen atoms in total. The average molecular weight is 473 g/mol. The molecule has 1 fully saturated rings. The molecule has 2 aromatic carbocycles. The van der Waals surface area contributed by atoms with E-state index in [2.05, 4.69) is 82.0 Å². The Balaban J connectivity index is 1.34. The van der Waals surface area contributed by atoms with Crippen LogP contribution in [0.5, 0.6) is 0 Å². The van der Waals surface area contributed by atoms with Gasteiger partial charge >= 0.3 is 0 Å². The van der Waals surface area contributed by atoms with Crippen molar-refractivity contribution >= 4 is 34.9 Å². The van der Waals surface area contributed by atoms with Crippen LogP contribution in [0.2, 0.25) is 0 Å². The smallest absolute Gasteiger partial charge is 0.232 e. The molecule has 1 saturated heterocycles. The van der Waals surface area contributed by atoms with E-state index in [9.17, 15) is 0 Å². The van der Waals surface area contributed by atoms with Crippen molar-refractivity contribution in [2.24, 2.45) is 0 Å². The number of nitrogens with zero attached hydrogens (tertiary/aromatic N) is 4. The number of nitrogens with one attached hydrogen (secondary N) is 2. The second-order valence-corrected chi connectivity index (χ2v) is 9.60. The Morgan fingerprint density at radius 2 is 1.59 bits per heavy atom. The molecular weight excluding hydrogens is 440 g/mol. The molecule has 0 radical (unpaired) electrons. The topological polar surface area (TPSA) is 56.3 Å². The molecule has 0 amide bonds. The number of fused-ring (bicyclic) bond motifs is 1. The zero-order chi connectivity index (χ0) is 23.3. The summed E-state index contributed by atoms with van der Waals surface area (Å²) in [6, 6.07) is 19.3. The number of aromatic nitrogens is 2. The van der Waals surface area contributed by atoms with Crippen molar-refractivity contribution in [3.63, 3.8) is 0 Å². The lowest BCUT2D eigenvalue weighted by molar-refractivity contribution is 0.573. The highest BCUT2D eigenvalue weighted by atomic mass is 32.1. The van der Waals surface area contributed by atoms with E-state index in [0.717, 1.165) is 44.2 Å². The normalized spacial score (nSPS) is 15.6. The Labute approximate surface area is 207 Å². The minimum Gasteiger partial charge on any atom is -0.358 e. The van der Waals surface area contributed by atoms with Gasteiger partial charge in [0.2, 0.25) is 5.95 Å². The molecule has 3 heterocycles. The van der Waals surface area contributed by atoms with Gasteiger partial charge < -0.3 is 20.4 Å². The zero-order valence-electron chi connectivity index (χ0n) is 19.8. The first-order valence-corrected chi connectivity index (χ1v) is 12.6. The van der Waals surface area contributed by atoms with Crippen molar-refractivity contribution in [2.75, 3.05) is 34.8 Å². The van der Waals surface area contributed by atoms with Crippen molar-refractivity contribution in [1.29, 1.82) is 0 Å². The van der Waals surface area contributed by atoms with Gasteiger partial charge in [-0.1, -0.05) is 54.1 Å². The molecule has 0 spiro atoms. The molecule has 0 aliphatic carbocycles. The van der Waals surface area contributed by atoms with Crippen molar-refractivity contribution in [1.82, 2.24) is 15.3 Å². The third-order valence-electron chi connectivity index (χ3n) is 6.63. The average Bonchev–Trinajstić information content (AvgIpc) is 2.88. The molecule has 2 aliphatic heterocycles. The van der Waals surface area contributed by atoms with Gasteiger partial charge in [0.15, 0.2) is 5.11 Å². The highest BCUT2D eigenvalue weighted by Crippen LogP contribution is 2.28. The van der Waals surface area contributed by atoms with Gasteiger partial charge in [-0.2, -0.15) is 9.97 Å². The fraction of sp³-hybridized carbons (Fsp3) is 0.370. The number of piperidine rings is 1. The third-order valence-corrected chi connectivity index (χ3v) is 6.88. The van der Waals surface area contributed by atoms with Gasteiger partial charge in [0.05, 0.1) is 0 Å². The summed E-state index contributed by atoms with van der Waals surface area (Å²) >= 11 is 5.58. The molecule has 0 unspecified atom stereocenters. The summed E-state index contributed by atoms with van der Waals surface area (Å²) in [5.41, 5.74) is 5.24. The van der Waals surface area contributed by atoms with Crippen molar-refractivity contribution in [3.8, 4) is 0 Å². The van der Waals surface area contributed by atoms with Gasteiger partial charge in [0, 0.05) is 38.8 Å². The van der Waals surface area contributed by atoms with Crippen LogP contribution in [0.3, 0.4) is 0 Å². The predicted octanol–water partition coefficient (Wildman–Crippen LogP) is 4.82. The van der Waals surface area contributed by atoms with E-state index in [4.69, 9.17) is 22.2 Å². The van der Waals surface area contributed by atoms with Gasteiger partial charge in [0.1, 0.15) is 11.6 Å². The molecule has 176 valence electrons. The fourth-order valence-electron chi connectivity index (χ4n) is 4.65. The lowest BCUT2D eigenvalue weighted by Gasteiger charge is -2.32. The van der Waals surface area contributed by atoms with Crippen LogP contribution in [0.1, 0.15) is 41.5 Å². The first-order valence-electron chi connectivity index (χ1n) is 12.2. The maximum atomic E-state index is 5.58. The number of benzene rings is 2. The predicted molar refractivity (Wildman–Crippen MR) is 144 cm³/mol. The van der Waals surface area contributed by atoms with E-state index in [0.29, 0.717) is 17.6 Å². The summed E-state index contributed by atoms with van der Waals surface area (Å²) in [7, 11) is 0. The van der Waals surface area contributed by atoms with Crippen LogP contribution in [0, 0.1) is 6.92 Å². The first kappa shape index (κ1) is 22.6. The second-order valence-electron chi connectivity index (χ2n) is 9.19. The molecule has 7 heteroatoms. The molecule has 1 aromatic heterocycles. The van der Waals surface area contributed by atoms with Crippen molar-refractivity contribution < 1.29 is 0 Å². The SMILES string of the molecule is Cc1ccc(CNC(=S)Nc2nc(N3CCCCC3)cc(N3CCc4ccccc4C3)n2)cc1. The molecular formula is C27H32N6S. The van der Waals surface area contributed by atoms with Gasteiger partial charge in [0.25, 0.3) is 0 Å². The maximum absolute atomic E-state index is 5.58. The monoisotopic (exact) mass is 472 g/mol. The number of thiocarbonyl (C=S) groups is 1. The van der Waals surface area contributed by atoms with Crippen LogP contribution in [-0.4, -0.2) is 34.7 Å². The molecule has 3 aromatic rings. The second kappa shape index (κ2) is 10.4. The number of hydrogen-bond acceptors (Lipinski definition) is 5. The summed E-state index contributed by atoms with van der Waals surface area (Å²) in [6.07, 6.45) is 4.72. The maximum Gasteiger partial charge on any atom is 0.232 e. The van der Waals surface area contributed by atoms with Gasteiger partial charge in [-0.3, -0.25) is 0 Å². The lowest BCUT2D eigenvalue weighted by Crippen LogP contribution is -2.34. The Kier molecular flexibility index (Phi) is 6.90. The van der Waals surface area contributed by atoms with E-state index in [-0.39, 0.29) is 0 Å². The Bertz CT molecular complexity index is 1140. The van der Waals surface area contributed by atoms with E-state index in [1.54, 1.807) is 0 Å². The summed E-state index contributed by atoms with van der Waals surface area (Å²) in [5, 5.41) is 7.07. The van der Waals surface area contributed by atoms with E-state index in [1.807, 2.05) is 0 Å². The molecule has 0 saturated carbocycles. The summed E-state index contributed by atoms with van der Waals surface area (Å²) in [5.74, 6) is 2.49. The van der Waals surface area contributed by atoms with Crippen LogP contribution in [-0.2, 0) is 19.5 Å². The molecule has 0 atom stereocenters. The highest BCUT2D eigenvalue weighted by molar-refractivity contribution is 7.80. The number of aryl methyl sites for hydroxylation is 1. The molecule has 2 N–H and O–H groups in total. The van der Waals surface area contributed by atoms with Crippen LogP contribution < -0.4 is 20.4 Å². The zero-order valence-corrected chi connectivity index (χ0v) is 20.6. The van der Waals surface area contributed by atoms with E-state index >= 15 is 0 Å². The molecule has 34 heavy (non-hydrogen) atoms. The first-order chi connectivity index (χ1) is 16.6. The fourth-order valence-corrected chi connectivity index (χ4v) is 4.81. The van der Waals surface area contributed by atoms with Crippen LogP contribution >= 0.6 is 12.2 Å². The number of rotatable bonds is 5. The van der Waals surface area contributed by atoms with Gasteiger partial charge in [-0.25, -0.2) is 0 Å². The van der Waals surface area contributed by atoms with Crippen LogP contribution in [0.4, 0.5) is 17.6 Å². The van der Waals surface area contributed by atoms with Gasteiger partial charge in [-0.05, 0) is 61.5 Å². The highest BCUT2D eigenvalue weighted by Gasteiger charge is 2.21.